The SMILES string of the molecule is CCCCC1CCC(c2cc(N3C(=O)C=CC3=O)cc(N3C(=O)C=CC3=O)c2)CC1. The molecule has 6 heteroatoms. The molecule has 0 bridgehead atoms. The number of nitrogens with zero attached hydrogens (tertiary/aromatic N) is 2. The Morgan fingerprint density at radius 2 is 1.20 bits per heavy atom. The molecule has 4 amide bonds. The Kier molecular flexibility index (Phi) is 5.66. The Morgan fingerprint density at radius 3 is 1.63 bits per heavy atom. The number of imide groups is 2. The summed E-state index contributed by atoms with van der Waals surface area (Å²) < 4.78 is 0. The van der Waals surface area contributed by atoms with Crippen molar-refractivity contribution in [3.8, 4) is 0 Å². The van der Waals surface area contributed by atoms with E-state index < -0.39 is 23.6 Å². The molecule has 30 heavy (non-hydrogen) atoms. The molecule has 0 spiro atoms. The van der Waals surface area contributed by atoms with E-state index in [0.717, 1.165) is 47.0 Å². The van der Waals surface area contributed by atoms with E-state index in [9.17, 15) is 19.2 Å². The highest BCUT2D eigenvalue weighted by Gasteiger charge is 2.31. The van der Waals surface area contributed by atoms with Gasteiger partial charge in [-0.25, -0.2) is 9.80 Å². The molecule has 2 aliphatic heterocycles. The first-order valence-electron chi connectivity index (χ1n) is 10.7. The van der Waals surface area contributed by atoms with Crippen LogP contribution in [0.3, 0.4) is 0 Å². The first-order valence-corrected chi connectivity index (χ1v) is 10.7. The molecule has 1 aromatic rings. The van der Waals surface area contributed by atoms with Crippen LogP contribution in [-0.2, 0) is 19.2 Å². The zero-order chi connectivity index (χ0) is 21.3. The Morgan fingerprint density at radius 1 is 0.733 bits per heavy atom. The zero-order valence-electron chi connectivity index (χ0n) is 17.2. The maximum absolute atomic E-state index is 12.2. The lowest BCUT2D eigenvalue weighted by atomic mass is 9.77. The molecule has 0 aromatic heterocycles. The van der Waals surface area contributed by atoms with Gasteiger partial charge in [-0.3, -0.25) is 19.2 Å². The van der Waals surface area contributed by atoms with Crippen molar-refractivity contribution in [2.24, 2.45) is 5.92 Å². The van der Waals surface area contributed by atoms with Crippen molar-refractivity contribution in [1.29, 1.82) is 0 Å². The Balaban J connectivity index is 1.65. The number of rotatable bonds is 6. The smallest absolute Gasteiger partial charge is 0.258 e. The molecule has 0 N–H and O–H groups in total. The van der Waals surface area contributed by atoms with Crippen LogP contribution < -0.4 is 9.80 Å². The van der Waals surface area contributed by atoms with Crippen LogP contribution in [0.5, 0.6) is 0 Å². The van der Waals surface area contributed by atoms with Crippen LogP contribution in [0.25, 0.3) is 0 Å². The number of hydrogen-bond acceptors (Lipinski definition) is 4. The van der Waals surface area contributed by atoms with Gasteiger partial charge in [-0.2, -0.15) is 0 Å². The number of carbonyl (C=O) groups excluding carboxylic acids is 4. The maximum Gasteiger partial charge on any atom is 0.258 e. The summed E-state index contributed by atoms with van der Waals surface area (Å²) in [6, 6.07) is 5.30. The molecule has 4 rings (SSSR count). The van der Waals surface area contributed by atoms with Crippen molar-refractivity contribution >= 4 is 35.0 Å². The molecule has 3 aliphatic rings. The van der Waals surface area contributed by atoms with Crippen molar-refractivity contribution < 1.29 is 19.2 Å². The Bertz CT molecular complexity index is 858. The molecule has 1 aromatic carbocycles. The zero-order valence-corrected chi connectivity index (χ0v) is 17.2. The number of amides is 4. The fraction of sp³-hybridized carbons (Fsp3) is 0.417. The summed E-state index contributed by atoms with van der Waals surface area (Å²) in [5, 5.41) is 0. The largest absolute Gasteiger partial charge is 0.269 e. The summed E-state index contributed by atoms with van der Waals surface area (Å²) in [7, 11) is 0. The van der Waals surface area contributed by atoms with Crippen LogP contribution in [-0.4, -0.2) is 23.6 Å². The fourth-order valence-corrected chi connectivity index (χ4v) is 4.70. The second-order valence-corrected chi connectivity index (χ2v) is 8.33. The van der Waals surface area contributed by atoms with E-state index in [1.807, 2.05) is 12.1 Å². The third kappa shape index (κ3) is 3.86. The number of unbranched alkanes of at least 4 members (excludes halogenated alkanes) is 1. The van der Waals surface area contributed by atoms with Gasteiger partial charge in [0.15, 0.2) is 0 Å². The predicted octanol–water partition coefficient (Wildman–Crippen LogP) is 4.01. The molecule has 1 fully saturated rings. The molecule has 6 nitrogen and oxygen atoms in total. The second kappa shape index (κ2) is 8.38. The summed E-state index contributed by atoms with van der Waals surface area (Å²) in [5.41, 5.74) is 1.78. The topological polar surface area (TPSA) is 74.8 Å². The van der Waals surface area contributed by atoms with Gasteiger partial charge in [-0.1, -0.05) is 26.2 Å². The number of anilines is 2. The first kappa shape index (κ1) is 20.3. The quantitative estimate of drug-likeness (QED) is 0.669. The normalized spacial score (nSPS) is 23.9. The van der Waals surface area contributed by atoms with Gasteiger partial charge in [-0.15, -0.1) is 0 Å². The van der Waals surface area contributed by atoms with Gasteiger partial charge in [0.25, 0.3) is 23.6 Å². The molecular weight excluding hydrogens is 380 g/mol. The summed E-state index contributed by atoms with van der Waals surface area (Å²) >= 11 is 0. The van der Waals surface area contributed by atoms with Crippen LogP contribution in [0.15, 0.2) is 42.5 Å². The van der Waals surface area contributed by atoms with E-state index in [-0.39, 0.29) is 5.92 Å². The average Bonchev–Trinajstić information content (AvgIpc) is 3.26. The van der Waals surface area contributed by atoms with Gasteiger partial charge in [0.1, 0.15) is 0 Å². The number of hydrogen-bond donors (Lipinski definition) is 0. The van der Waals surface area contributed by atoms with E-state index in [0.29, 0.717) is 11.4 Å². The Labute approximate surface area is 176 Å². The van der Waals surface area contributed by atoms with Gasteiger partial charge >= 0.3 is 0 Å². The third-order valence-electron chi connectivity index (χ3n) is 6.34. The van der Waals surface area contributed by atoms with Gasteiger partial charge in [-0.05, 0) is 61.3 Å². The molecule has 156 valence electrons. The molecular formula is C24H26N2O4. The van der Waals surface area contributed by atoms with Crippen LogP contribution >= 0.6 is 0 Å². The number of carbonyl (C=O) groups is 4. The van der Waals surface area contributed by atoms with Crippen molar-refractivity contribution in [1.82, 2.24) is 0 Å². The third-order valence-corrected chi connectivity index (χ3v) is 6.34. The summed E-state index contributed by atoms with van der Waals surface area (Å²) in [6.45, 7) is 2.21. The first-order chi connectivity index (χ1) is 14.5. The monoisotopic (exact) mass is 406 g/mol. The van der Waals surface area contributed by atoms with Crippen LogP contribution in [0.4, 0.5) is 11.4 Å². The predicted molar refractivity (Wildman–Crippen MR) is 114 cm³/mol. The van der Waals surface area contributed by atoms with Crippen molar-refractivity contribution in [2.45, 2.75) is 57.8 Å². The standard InChI is InChI=1S/C24H26N2O4/c1-2-3-4-16-5-7-17(8-6-16)18-13-19(25-21(27)9-10-22(25)28)15-20(14-18)26-23(29)11-12-24(26)30/h9-17H,2-8H2,1H3. The van der Waals surface area contributed by atoms with Crippen LogP contribution in [0, 0.1) is 5.92 Å². The van der Waals surface area contributed by atoms with Crippen molar-refractivity contribution in [3.63, 3.8) is 0 Å². The molecule has 2 heterocycles. The van der Waals surface area contributed by atoms with Crippen LogP contribution in [0.2, 0.25) is 0 Å². The molecule has 0 atom stereocenters. The summed E-state index contributed by atoms with van der Waals surface area (Å²) in [5.74, 6) is -0.622. The van der Waals surface area contributed by atoms with Gasteiger partial charge in [0.2, 0.25) is 0 Å². The highest BCUT2D eigenvalue weighted by atomic mass is 16.2. The minimum Gasteiger partial charge on any atom is -0.269 e. The minimum absolute atomic E-state index is 0.281. The molecule has 0 radical (unpaired) electrons. The van der Waals surface area contributed by atoms with E-state index in [2.05, 4.69) is 6.92 Å². The maximum atomic E-state index is 12.2. The van der Waals surface area contributed by atoms with E-state index >= 15 is 0 Å². The van der Waals surface area contributed by atoms with Crippen LogP contribution in [0.1, 0.15) is 63.4 Å². The van der Waals surface area contributed by atoms with Gasteiger partial charge in [0, 0.05) is 24.3 Å². The summed E-state index contributed by atoms with van der Waals surface area (Å²) in [6.07, 6.45) is 13.0. The van der Waals surface area contributed by atoms with Gasteiger partial charge in [0.05, 0.1) is 11.4 Å². The fourth-order valence-electron chi connectivity index (χ4n) is 4.70. The van der Waals surface area contributed by atoms with E-state index in [4.69, 9.17) is 0 Å². The second-order valence-electron chi connectivity index (χ2n) is 8.33. The van der Waals surface area contributed by atoms with E-state index in [1.54, 1.807) is 6.07 Å². The summed E-state index contributed by atoms with van der Waals surface area (Å²) in [4.78, 5) is 51.1. The minimum atomic E-state index is -0.413. The van der Waals surface area contributed by atoms with Gasteiger partial charge < -0.3 is 0 Å². The molecule has 1 saturated carbocycles. The number of benzene rings is 1. The lowest BCUT2D eigenvalue weighted by molar-refractivity contribution is -0.121. The lowest BCUT2D eigenvalue weighted by Gasteiger charge is -2.30. The Hall–Kier alpha value is -3.02. The molecule has 0 unspecified atom stereocenters. The van der Waals surface area contributed by atoms with Crippen molar-refractivity contribution in [3.05, 3.63) is 48.1 Å². The average molecular weight is 406 g/mol. The lowest BCUT2D eigenvalue weighted by Crippen LogP contribution is -2.32. The van der Waals surface area contributed by atoms with E-state index in [1.165, 1.54) is 43.6 Å². The van der Waals surface area contributed by atoms with Crippen molar-refractivity contribution in [2.75, 3.05) is 9.80 Å². The highest BCUT2D eigenvalue weighted by molar-refractivity contribution is 6.30. The highest BCUT2D eigenvalue weighted by Crippen LogP contribution is 2.40. The molecule has 1 aliphatic carbocycles. The molecule has 0 saturated heterocycles.